The molecule has 1 amide bonds. The number of hydrogen-bond donors (Lipinski definition) is 3. The van der Waals surface area contributed by atoms with Gasteiger partial charge in [-0.05, 0) is 15.9 Å². The number of ether oxygens (including phenoxy) is 1. The summed E-state index contributed by atoms with van der Waals surface area (Å²) in [6, 6.07) is -0.950. The van der Waals surface area contributed by atoms with E-state index in [9.17, 15) is 14.8 Å². The first kappa shape index (κ1) is 20.0. The van der Waals surface area contributed by atoms with Crippen molar-refractivity contribution in [1.29, 1.82) is 5.41 Å². The monoisotopic (exact) mass is 461 g/mol. The molecule has 0 aromatic carbocycles. The summed E-state index contributed by atoms with van der Waals surface area (Å²) in [6.45, 7) is -3.75. The first-order valence-corrected chi connectivity index (χ1v) is 10.1. The molecule has 0 radical (unpaired) electrons. The SMILES string of the molecule is N=C1N=C2C(N=C(Br)N2[C@@H]2OC3COP([O-])(=S)OC3C2O)C(=O)N1.[Na+]. The predicted octanol–water partition coefficient (Wildman–Crippen LogP) is -5.03. The van der Waals surface area contributed by atoms with E-state index in [0.29, 0.717) is 0 Å². The first-order chi connectivity index (χ1) is 11.3. The summed E-state index contributed by atoms with van der Waals surface area (Å²) in [5.74, 6) is -0.710. The summed E-state index contributed by atoms with van der Waals surface area (Å²) in [7, 11) is 0. The molecule has 25 heavy (non-hydrogen) atoms. The summed E-state index contributed by atoms with van der Waals surface area (Å²) in [6.07, 6.45) is -3.88. The number of amidine groups is 2. The molecule has 15 heteroatoms. The van der Waals surface area contributed by atoms with E-state index in [1.807, 2.05) is 0 Å². The molecule has 0 aliphatic carbocycles. The van der Waals surface area contributed by atoms with Crippen LogP contribution in [0.3, 0.4) is 0 Å². The third kappa shape index (κ3) is 3.41. The third-order valence-corrected chi connectivity index (χ3v) is 5.98. The minimum Gasteiger partial charge on any atom is -0.780 e. The Bertz CT molecular complexity index is 753. The molecule has 0 saturated carbocycles. The molecule has 6 atom stereocenters. The second kappa shape index (κ2) is 6.99. The second-order valence-corrected chi connectivity index (χ2v) is 8.76. The van der Waals surface area contributed by atoms with Crippen LogP contribution in [0.4, 0.5) is 0 Å². The molecule has 0 aromatic rings. The maximum absolute atomic E-state index is 11.9. The molecule has 4 aliphatic heterocycles. The number of amides is 1. The van der Waals surface area contributed by atoms with Crippen LogP contribution < -0.4 is 39.8 Å². The zero-order valence-corrected chi connectivity index (χ0v) is 18.0. The summed E-state index contributed by atoms with van der Waals surface area (Å²) >= 11 is 7.89. The first-order valence-electron chi connectivity index (χ1n) is 6.75. The number of rotatable bonds is 1. The van der Waals surface area contributed by atoms with E-state index < -0.39 is 43.2 Å². The van der Waals surface area contributed by atoms with Gasteiger partial charge in [0.15, 0.2) is 22.9 Å². The van der Waals surface area contributed by atoms with E-state index in [4.69, 9.17) is 19.2 Å². The van der Waals surface area contributed by atoms with Crippen LogP contribution in [-0.4, -0.2) is 69.6 Å². The molecular formula is C10H10BrN5NaO6PS. The second-order valence-electron chi connectivity index (χ2n) is 5.35. The molecule has 2 fully saturated rings. The summed E-state index contributed by atoms with van der Waals surface area (Å²) in [4.78, 5) is 33.1. The number of halogens is 1. The Morgan fingerprint density at radius 1 is 1.56 bits per heavy atom. The van der Waals surface area contributed by atoms with E-state index in [-0.39, 0.29) is 52.7 Å². The number of nitrogens with one attached hydrogen (secondary N) is 2. The van der Waals surface area contributed by atoms with E-state index >= 15 is 0 Å². The van der Waals surface area contributed by atoms with Gasteiger partial charge in [0.25, 0.3) is 5.91 Å². The van der Waals surface area contributed by atoms with E-state index in [0.717, 1.165) is 0 Å². The van der Waals surface area contributed by atoms with Gasteiger partial charge in [-0.2, -0.15) is 4.99 Å². The maximum atomic E-state index is 11.9. The molecule has 130 valence electrons. The third-order valence-electron chi connectivity index (χ3n) is 3.85. The predicted molar refractivity (Wildman–Crippen MR) is 85.1 cm³/mol. The minimum absolute atomic E-state index is 0. The van der Waals surface area contributed by atoms with Gasteiger partial charge < -0.3 is 23.8 Å². The normalized spacial score (nSPS) is 42.8. The number of aliphatic hydroxyl groups excluding tert-OH is 1. The number of fused-ring (bicyclic) bond motifs is 2. The molecule has 4 heterocycles. The Hall–Kier alpha value is 0.210. The van der Waals surface area contributed by atoms with Crippen LogP contribution in [0.25, 0.3) is 0 Å². The molecule has 0 spiro atoms. The smallest absolute Gasteiger partial charge is 0.780 e. The van der Waals surface area contributed by atoms with Crippen LogP contribution in [0, 0.1) is 5.41 Å². The van der Waals surface area contributed by atoms with Crippen molar-refractivity contribution < 1.29 is 58.1 Å². The molecule has 5 unspecified atom stereocenters. The maximum Gasteiger partial charge on any atom is 1.00 e. The van der Waals surface area contributed by atoms with Crippen molar-refractivity contribution in [3.8, 4) is 0 Å². The Labute approximate surface area is 177 Å². The van der Waals surface area contributed by atoms with Gasteiger partial charge in [0.05, 0.1) is 6.61 Å². The fourth-order valence-electron chi connectivity index (χ4n) is 2.85. The molecule has 2 saturated heterocycles. The Morgan fingerprint density at radius 3 is 3.00 bits per heavy atom. The van der Waals surface area contributed by atoms with E-state index in [2.05, 4.69) is 43.0 Å². The standard InChI is InChI=1S/C10H11BrN5O6PS.Na/c11-9-13-3-6(14-10(12)15-7(3)18)16(9)8-4(17)5-2(21-8)1-20-23(19,24)22-5;/h2-5,8,17H,1H2,(H,19,24)(H2,12,15,18);/q;+1/p-1/t2?,3?,4?,5?,8-,23?;/m1./s1. The number of carbonyl (C=O) groups excluding carboxylic acids is 1. The van der Waals surface area contributed by atoms with Crippen LogP contribution in [0.1, 0.15) is 0 Å². The van der Waals surface area contributed by atoms with Crippen molar-refractivity contribution in [2.24, 2.45) is 9.98 Å². The van der Waals surface area contributed by atoms with Crippen LogP contribution in [0.15, 0.2) is 9.98 Å². The van der Waals surface area contributed by atoms with Crippen LogP contribution in [0.2, 0.25) is 0 Å². The Kier molecular flexibility index (Phi) is 5.58. The average Bonchev–Trinajstić information content (AvgIpc) is 2.96. The number of aliphatic hydroxyl groups is 1. The van der Waals surface area contributed by atoms with Gasteiger partial charge in [0.2, 0.25) is 5.96 Å². The van der Waals surface area contributed by atoms with Gasteiger partial charge in [0, 0.05) is 0 Å². The van der Waals surface area contributed by atoms with Crippen molar-refractivity contribution in [2.45, 2.75) is 30.6 Å². The molecule has 11 nitrogen and oxygen atoms in total. The molecule has 3 N–H and O–H groups in total. The molecule has 0 bridgehead atoms. The number of hydrogen-bond acceptors (Lipinski definition) is 10. The van der Waals surface area contributed by atoms with Crippen LogP contribution >= 0.6 is 22.6 Å². The van der Waals surface area contributed by atoms with Gasteiger partial charge in [-0.25, -0.2) is 4.99 Å². The van der Waals surface area contributed by atoms with Crippen LogP contribution in [0.5, 0.6) is 0 Å². The number of aliphatic imine (C=N–C) groups is 2. The number of nitrogens with zero attached hydrogens (tertiary/aromatic N) is 3. The zero-order chi connectivity index (χ0) is 17.2. The van der Waals surface area contributed by atoms with Gasteiger partial charge in [-0.1, -0.05) is 11.8 Å². The van der Waals surface area contributed by atoms with Crippen molar-refractivity contribution >= 4 is 56.9 Å². The quantitative estimate of drug-likeness (QED) is 0.199. The van der Waals surface area contributed by atoms with Crippen molar-refractivity contribution in [1.82, 2.24) is 10.2 Å². The van der Waals surface area contributed by atoms with Gasteiger partial charge in [0.1, 0.15) is 25.0 Å². The summed E-state index contributed by atoms with van der Waals surface area (Å²) in [5.41, 5.74) is 0. The van der Waals surface area contributed by atoms with E-state index in [1.54, 1.807) is 0 Å². The number of carbonyl (C=O) groups is 1. The largest absolute Gasteiger partial charge is 1.00 e. The summed E-state index contributed by atoms with van der Waals surface area (Å²) < 4.78 is 16.0. The van der Waals surface area contributed by atoms with Crippen LogP contribution in [-0.2, 0) is 30.4 Å². The van der Waals surface area contributed by atoms with Gasteiger partial charge in [-0.15, -0.1) is 0 Å². The fraction of sp³-hybridized carbons (Fsp3) is 0.600. The van der Waals surface area contributed by atoms with E-state index in [1.165, 1.54) is 4.90 Å². The van der Waals surface area contributed by atoms with Gasteiger partial charge >= 0.3 is 29.6 Å². The van der Waals surface area contributed by atoms with Crippen molar-refractivity contribution in [3.05, 3.63) is 0 Å². The number of guanidine groups is 1. The fourth-order valence-corrected chi connectivity index (χ4v) is 4.87. The topological polar surface area (TPSA) is 152 Å². The van der Waals surface area contributed by atoms with Gasteiger partial charge in [-0.3, -0.25) is 20.4 Å². The Balaban J connectivity index is 0.00000182. The summed E-state index contributed by atoms with van der Waals surface area (Å²) in [5, 5.41) is 20.3. The zero-order valence-electron chi connectivity index (χ0n) is 12.7. The molecule has 4 aliphatic rings. The molecule has 0 aromatic heterocycles. The van der Waals surface area contributed by atoms with Crippen molar-refractivity contribution in [2.75, 3.05) is 6.61 Å². The Morgan fingerprint density at radius 2 is 2.28 bits per heavy atom. The molecular weight excluding hydrogens is 452 g/mol. The molecule has 4 rings (SSSR count). The average molecular weight is 462 g/mol. The van der Waals surface area contributed by atoms with Crippen molar-refractivity contribution in [3.63, 3.8) is 0 Å². The minimum atomic E-state index is -3.66.